The third-order valence-electron chi connectivity index (χ3n) is 6.89. The zero-order valence-corrected chi connectivity index (χ0v) is 19.9. The summed E-state index contributed by atoms with van der Waals surface area (Å²) >= 11 is 1.74. The largest absolute Gasteiger partial charge is 0.278 e. The van der Waals surface area contributed by atoms with Gasteiger partial charge < -0.3 is 0 Å². The van der Waals surface area contributed by atoms with E-state index in [0.29, 0.717) is 5.95 Å². The number of benzene rings is 4. The van der Waals surface area contributed by atoms with Crippen molar-refractivity contribution >= 4 is 64.3 Å². The molecule has 0 aliphatic rings. The summed E-state index contributed by atoms with van der Waals surface area (Å²) < 4.78 is 3.45. The van der Waals surface area contributed by atoms with Crippen molar-refractivity contribution in [3.05, 3.63) is 109 Å². The molecule has 0 N–H and O–H groups in total. The van der Waals surface area contributed by atoms with E-state index in [0.717, 1.165) is 38.0 Å². The van der Waals surface area contributed by atoms with Gasteiger partial charge in [-0.3, -0.25) is 4.57 Å². The second-order valence-corrected chi connectivity index (χ2v) is 9.93. The van der Waals surface area contributed by atoms with E-state index in [-0.39, 0.29) is 0 Å². The van der Waals surface area contributed by atoms with Crippen LogP contribution in [0.3, 0.4) is 0 Å². The first-order chi connectivity index (χ1) is 17.9. The summed E-state index contributed by atoms with van der Waals surface area (Å²) in [6, 6.07) is 35.8. The van der Waals surface area contributed by atoms with Gasteiger partial charge in [-0.05, 0) is 36.4 Å². The Bertz CT molecular complexity index is 2100. The van der Waals surface area contributed by atoms with Gasteiger partial charge in [0.1, 0.15) is 4.83 Å². The first kappa shape index (κ1) is 19.7. The third-order valence-corrected chi connectivity index (χ3v) is 7.96. The molecule has 4 aromatic heterocycles. The van der Waals surface area contributed by atoms with Gasteiger partial charge >= 0.3 is 0 Å². The van der Waals surface area contributed by atoms with Crippen LogP contribution in [0.5, 0.6) is 0 Å². The molecule has 0 spiro atoms. The summed E-state index contributed by atoms with van der Waals surface area (Å²) in [7, 11) is 0. The topological polar surface area (TPSA) is 43.6 Å². The maximum absolute atomic E-state index is 5.19. The van der Waals surface area contributed by atoms with Crippen molar-refractivity contribution in [1.82, 2.24) is 19.5 Å². The van der Waals surface area contributed by atoms with Gasteiger partial charge in [-0.1, -0.05) is 66.7 Å². The van der Waals surface area contributed by atoms with Gasteiger partial charge in [-0.2, -0.15) is 0 Å². The van der Waals surface area contributed by atoms with Gasteiger partial charge in [0, 0.05) is 43.4 Å². The van der Waals surface area contributed by atoms with Crippen molar-refractivity contribution in [3.8, 4) is 17.2 Å². The monoisotopic (exact) mass is 478 g/mol. The number of rotatable bonds is 2. The highest BCUT2D eigenvalue weighted by atomic mass is 32.1. The molecule has 0 fully saturated rings. The Morgan fingerprint density at radius 2 is 1.36 bits per heavy atom. The molecule has 0 saturated carbocycles. The van der Waals surface area contributed by atoms with E-state index in [1.807, 2.05) is 30.5 Å². The molecule has 0 aliphatic heterocycles. The summed E-state index contributed by atoms with van der Waals surface area (Å²) in [6.45, 7) is 0. The van der Waals surface area contributed by atoms with E-state index in [9.17, 15) is 0 Å². The minimum atomic E-state index is 0.677. The first-order valence-electron chi connectivity index (χ1n) is 11.9. The lowest BCUT2D eigenvalue weighted by molar-refractivity contribution is 1.01. The van der Waals surface area contributed by atoms with Crippen molar-refractivity contribution in [2.24, 2.45) is 0 Å². The van der Waals surface area contributed by atoms with Crippen molar-refractivity contribution in [2.45, 2.75) is 0 Å². The van der Waals surface area contributed by atoms with Crippen molar-refractivity contribution in [1.29, 1.82) is 0 Å². The summed E-state index contributed by atoms with van der Waals surface area (Å²) in [5, 5.41) is 5.90. The fraction of sp³-hybridized carbons (Fsp3) is 0. The lowest BCUT2D eigenvalue weighted by Crippen LogP contribution is -2.03. The Kier molecular flexibility index (Phi) is 4.07. The van der Waals surface area contributed by atoms with Gasteiger partial charge in [0.15, 0.2) is 0 Å². The SMILES string of the molecule is c1ccc(-c2nc(-n3c4ccccc4c4c5c(ccc43)sc3ncccc35)nc3ccccc23)cc1. The number of aromatic nitrogens is 4. The average Bonchev–Trinajstić information content (AvgIpc) is 3.48. The number of para-hydroxylation sites is 2. The average molecular weight is 479 g/mol. The maximum atomic E-state index is 5.19. The van der Waals surface area contributed by atoms with Crippen LogP contribution < -0.4 is 0 Å². The van der Waals surface area contributed by atoms with Crippen LogP contribution in [-0.4, -0.2) is 19.5 Å². The molecule has 0 saturated heterocycles. The molecule has 0 amide bonds. The molecule has 168 valence electrons. The molecule has 4 aromatic carbocycles. The summed E-state index contributed by atoms with van der Waals surface area (Å²) in [6.07, 6.45) is 1.87. The quantitative estimate of drug-likeness (QED) is 0.252. The molecular formula is C31H18N4S. The van der Waals surface area contributed by atoms with Crippen LogP contribution >= 0.6 is 11.3 Å². The molecule has 4 heterocycles. The molecule has 0 radical (unpaired) electrons. The van der Waals surface area contributed by atoms with Crippen LogP contribution in [0.25, 0.3) is 70.2 Å². The molecule has 0 aliphatic carbocycles. The minimum absolute atomic E-state index is 0.677. The standard InChI is InChI=1S/C31H18N4S/c1-2-9-19(10-3-1)29-20-11-4-6-14-23(20)33-31(34-29)35-24-15-7-5-12-21(24)27-25(35)16-17-26-28(27)22-13-8-18-32-30(22)36-26/h1-18H. The van der Waals surface area contributed by atoms with Crippen LogP contribution in [0.4, 0.5) is 0 Å². The third kappa shape index (κ3) is 2.72. The van der Waals surface area contributed by atoms with E-state index in [1.165, 1.54) is 26.2 Å². The highest BCUT2D eigenvalue weighted by molar-refractivity contribution is 7.25. The Labute approximate surface area is 210 Å². The highest BCUT2D eigenvalue weighted by Gasteiger charge is 2.20. The molecule has 5 heteroatoms. The molecule has 8 aromatic rings. The molecule has 4 nitrogen and oxygen atoms in total. The van der Waals surface area contributed by atoms with Crippen molar-refractivity contribution in [2.75, 3.05) is 0 Å². The van der Waals surface area contributed by atoms with E-state index in [2.05, 4.69) is 88.4 Å². The molecule has 0 unspecified atom stereocenters. The normalized spacial score (nSPS) is 11.9. The predicted octanol–water partition coefficient (Wildman–Crippen LogP) is 8.16. The number of fused-ring (bicyclic) bond motifs is 8. The van der Waals surface area contributed by atoms with E-state index < -0.39 is 0 Å². The fourth-order valence-corrected chi connectivity index (χ4v) is 6.41. The van der Waals surface area contributed by atoms with E-state index in [4.69, 9.17) is 9.97 Å². The second-order valence-electron chi connectivity index (χ2n) is 8.90. The Hall–Kier alpha value is -4.61. The Morgan fingerprint density at radius 3 is 2.28 bits per heavy atom. The fourth-order valence-electron chi connectivity index (χ4n) is 5.36. The summed E-state index contributed by atoms with van der Waals surface area (Å²) in [4.78, 5) is 16.0. The van der Waals surface area contributed by atoms with Gasteiger partial charge in [-0.25, -0.2) is 15.0 Å². The number of hydrogen-bond donors (Lipinski definition) is 0. The lowest BCUT2D eigenvalue weighted by atomic mass is 10.1. The number of hydrogen-bond acceptors (Lipinski definition) is 4. The smallest absolute Gasteiger partial charge is 0.235 e. The van der Waals surface area contributed by atoms with Crippen LogP contribution in [0.2, 0.25) is 0 Å². The van der Waals surface area contributed by atoms with Gasteiger partial charge in [0.05, 0.1) is 22.2 Å². The second kappa shape index (κ2) is 7.44. The van der Waals surface area contributed by atoms with Gasteiger partial charge in [0.2, 0.25) is 5.95 Å². The molecule has 0 atom stereocenters. The molecule has 8 rings (SSSR count). The van der Waals surface area contributed by atoms with E-state index >= 15 is 0 Å². The van der Waals surface area contributed by atoms with Crippen LogP contribution in [-0.2, 0) is 0 Å². The maximum Gasteiger partial charge on any atom is 0.235 e. The first-order valence-corrected chi connectivity index (χ1v) is 12.7. The molecule has 0 bridgehead atoms. The Morgan fingerprint density at radius 1 is 0.583 bits per heavy atom. The Balaban J connectivity index is 1.55. The van der Waals surface area contributed by atoms with Crippen molar-refractivity contribution in [3.63, 3.8) is 0 Å². The highest BCUT2D eigenvalue weighted by Crippen LogP contribution is 2.42. The van der Waals surface area contributed by atoms with Crippen LogP contribution in [0.1, 0.15) is 0 Å². The number of pyridine rings is 1. The summed E-state index contributed by atoms with van der Waals surface area (Å²) in [5.74, 6) is 0.677. The van der Waals surface area contributed by atoms with Crippen LogP contribution in [0.15, 0.2) is 109 Å². The van der Waals surface area contributed by atoms with Crippen LogP contribution in [0, 0.1) is 0 Å². The minimum Gasteiger partial charge on any atom is -0.278 e. The van der Waals surface area contributed by atoms with E-state index in [1.54, 1.807) is 11.3 Å². The zero-order valence-electron chi connectivity index (χ0n) is 19.1. The number of nitrogens with zero attached hydrogens (tertiary/aromatic N) is 4. The van der Waals surface area contributed by atoms with Gasteiger partial charge in [-0.15, -0.1) is 11.3 Å². The summed E-state index contributed by atoms with van der Waals surface area (Å²) in [5.41, 5.74) is 5.14. The molecule has 36 heavy (non-hydrogen) atoms. The van der Waals surface area contributed by atoms with Crippen molar-refractivity contribution < 1.29 is 0 Å². The predicted molar refractivity (Wildman–Crippen MR) is 150 cm³/mol. The van der Waals surface area contributed by atoms with Gasteiger partial charge in [0.25, 0.3) is 0 Å². The zero-order chi connectivity index (χ0) is 23.6. The molecular weight excluding hydrogens is 460 g/mol. The number of thiophene rings is 1. The lowest BCUT2D eigenvalue weighted by Gasteiger charge is -2.11.